The molecule has 1 aliphatic heterocycles. The van der Waals surface area contributed by atoms with Crippen LogP contribution >= 0.6 is 0 Å². The summed E-state index contributed by atoms with van der Waals surface area (Å²) < 4.78 is 4.61. The van der Waals surface area contributed by atoms with Gasteiger partial charge in [-0.1, -0.05) is 0 Å². The molecule has 4 amide bonds. The van der Waals surface area contributed by atoms with Crippen molar-refractivity contribution in [3.63, 3.8) is 0 Å². The monoisotopic (exact) mass is 215 g/mol. The Labute approximate surface area is 86.7 Å². The molecule has 7 heteroatoms. The molecular formula is C8H13N3O4. The van der Waals surface area contributed by atoms with E-state index in [-0.39, 0.29) is 32.1 Å². The number of urea groups is 1. The standard InChI is InChI=1S/C8H13N3O4/c1-2-15-8(14)9-3-4-11-6(12)5-10-7(11)13/h2-5H2,1H3,(H,9,14)(H,10,13). The second-order valence-electron chi connectivity index (χ2n) is 2.85. The van der Waals surface area contributed by atoms with Crippen molar-refractivity contribution in [1.29, 1.82) is 0 Å². The van der Waals surface area contributed by atoms with E-state index in [9.17, 15) is 14.4 Å². The summed E-state index contributed by atoms with van der Waals surface area (Å²) in [5.74, 6) is -0.286. The van der Waals surface area contributed by atoms with E-state index in [1.54, 1.807) is 6.92 Å². The third kappa shape index (κ3) is 3.12. The molecule has 1 fully saturated rings. The summed E-state index contributed by atoms with van der Waals surface area (Å²) in [5, 5.41) is 4.79. The van der Waals surface area contributed by atoms with Crippen LogP contribution in [0.5, 0.6) is 0 Å². The molecule has 0 spiro atoms. The van der Waals surface area contributed by atoms with Gasteiger partial charge in [-0.25, -0.2) is 9.59 Å². The Kier molecular flexibility index (Phi) is 3.90. The van der Waals surface area contributed by atoms with Gasteiger partial charge < -0.3 is 15.4 Å². The molecule has 0 radical (unpaired) electrons. The minimum absolute atomic E-state index is 0.0260. The molecule has 0 aromatic rings. The topological polar surface area (TPSA) is 87.7 Å². The van der Waals surface area contributed by atoms with E-state index < -0.39 is 12.1 Å². The van der Waals surface area contributed by atoms with Crippen molar-refractivity contribution in [2.75, 3.05) is 26.2 Å². The molecule has 7 nitrogen and oxygen atoms in total. The summed E-state index contributed by atoms with van der Waals surface area (Å²) >= 11 is 0. The van der Waals surface area contributed by atoms with Crippen LogP contribution in [0, 0.1) is 0 Å². The average Bonchev–Trinajstić information content (AvgIpc) is 2.49. The number of rotatable bonds is 4. The number of hydrogen-bond acceptors (Lipinski definition) is 4. The van der Waals surface area contributed by atoms with E-state index >= 15 is 0 Å². The van der Waals surface area contributed by atoms with E-state index in [1.165, 1.54) is 0 Å². The third-order valence-electron chi connectivity index (χ3n) is 1.82. The maximum Gasteiger partial charge on any atom is 0.407 e. The molecule has 15 heavy (non-hydrogen) atoms. The van der Waals surface area contributed by atoms with Crippen LogP contribution < -0.4 is 10.6 Å². The first kappa shape index (κ1) is 11.3. The second kappa shape index (κ2) is 5.18. The first-order chi connectivity index (χ1) is 7.15. The van der Waals surface area contributed by atoms with E-state index in [1.807, 2.05) is 0 Å². The number of carbonyl (C=O) groups is 3. The minimum Gasteiger partial charge on any atom is -0.450 e. The Morgan fingerprint density at radius 1 is 1.60 bits per heavy atom. The van der Waals surface area contributed by atoms with Crippen LogP contribution in [0.15, 0.2) is 0 Å². The number of amides is 4. The molecule has 0 aromatic carbocycles. The summed E-state index contributed by atoms with van der Waals surface area (Å²) in [6.07, 6.45) is -0.551. The lowest BCUT2D eigenvalue weighted by Gasteiger charge is -2.12. The first-order valence-electron chi connectivity index (χ1n) is 4.64. The van der Waals surface area contributed by atoms with Gasteiger partial charge in [0.15, 0.2) is 0 Å². The Balaban J connectivity index is 2.22. The lowest BCUT2D eigenvalue weighted by atomic mass is 10.5. The molecule has 1 saturated heterocycles. The highest BCUT2D eigenvalue weighted by atomic mass is 16.5. The Morgan fingerprint density at radius 2 is 2.33 bits per heavy atom. The van der Waals surface area contributed by atoms with Crippen molar-refractivity contribution in [2.45, 2.75) is 6.92 Å². The van der Waals surface area contributed by atoms with Gasteiger partial charge in [0.05, 0.1) is 13.2 Å². The average molecular weight is 215 g/mol. The molecule has 0 aliphatic carbocycles. The summed E-state index contributed by atoms with van der Waals surface area (Å²) in [6.45, 7) is 2.35. The molecule has 0 unspecified atom stereocenters. The summed E-state index contributed by atoms with van der Waals surface area (Å²) in [5.41, 5.74) is 0. The van der Waals surface area contributed by atoms with Crippen LogP contribution in [0.3, 0.4) is 0 Å². The van der Waals surface area contributed by atoms with Crippen LogP contribution in [0.25, 0.3) is 0 Å². The summed E-state index contributed by atoms with van der Waals surface area (Å²) in [7, 11) is 0. The quantitative estimate of drug-likeness (QED) is 0.606. The lowest BCUT2D eigenvalue weighted by molar-refractivity contribution is -0.124. The van der Waals surface area contributed by atoms with Crippen LogP contribution in [0.1, 0.15) is 6.92 Å². The predicted molar refractivity (Wildman–Crippen MR) is 50.1 cm³/mol. The van der Waals surface area contributed by atoms with Crippen molar-refractivity contribution >= 4 is 18.0 Å². The van der Waals surface area contributed by atoms with Gasteiger partial charge in [0.1, 0.15) is 0 Å². The maximum absolute atomic E-state index is 11.1. The van der Waals surface area contributed by atoms with Crippen LogP contribution in [0.2, 0.25) is 0 Å². The molecule has 0 bridgehead atoms. The molecule has 0 aromatic heterocycles. The number of imide groups is 1. The fourth-order valence-electron chi connectivity index (χ4n) is 1.13. The van der Waals surface area contributed by atoms with Crippen molar-refractivity contribution in [3.05, 3.63) is 0 Å². The number of nitrogens with one attached hydrogen (secondary N) is 2. The molecule has 2 N–H and O–H groups in total. The highest BCUT2D eigenvalue weighted by Gasteiger charge is 2.27. The van der Waals surface area contributed by atoms with E-state index in [0.29, 0.717) is 0 Å². The molecule has 1 aliphatic rings. The molecule has 0 atom stereocenters. The zero-order valence-corrected chi connectivity index (χ0v) is 8.41. The first-order valence-corrected chi connectivity index (χ1v) is 4.64. The van der Waals surface area contributed by atoms with Crippen LogP contribution in [0.4, 0.5) is 9.59 Å². The largest absolute Gasteiger partial charge is 0.450 e. The highest BCUT2D eigenvalue weighted by Crippen LogP contribution is 1.96. The normalized spacial score (nSPS) is 15.1. The summed E-state index contributed by atoms with van der Waals surface area (Å²) in [4.78, 5) is 34.0. The number of nitrogens with zero attached hydrogens (tertiary/aromatic N) is 1. The van der Waals surface area contributed by atoms with Gasteiger partial charge in [-0.2, -0.15) is 0 Å². The zero-order valence-electron chi connectivity index (χ0n) is 8.41. The smallest absolute Gasteiger partial charge is 0.407 e. The number of ether oxygens (including phenoxy) is 1. The van der Waals surface area contributed by atoms with Crippen LogP contribution in [-0.2, 0) is 9.53 Å². The predicted octanol–water partition coefficient (Wildman–Crippen LogP) is -0.716. The maximum atomic E-state index is 11.1. The van der Waals surface area contributed by atoms with E-state index in [2.05, 4.69) is 15.4 Å². The highest BCUT2D eigenvalue weighted by molar-refractivity contribution is 6.01. The fourth-order valence-corrected chi connectivity index (χ4v) is 1.13. The van der Waals surface area contributed by atoms with Gasteiger partial charge >= 0.3 is 12.1 Å². The van der Waals surface area contributed by atoms with Gasteiger partial charge in [-0.15, -0.1) is 0 Å². The van der Waals surface area contributed by atoms with E-state index in [0.717, 1.165) is 4.90 Å². The van der Waals surface area contributed by atoms with Crippen molar-refractivity contribution in [3.8, 4) is 0 Å². The van der Waals surface area contributed by atoms with Crippen LogP contribution in [-0.4, -0.2) is 49.2 Å². The second-order valence-corrected chi connectivity index (χ2v) is 2.85. The number of hydrogen-bond donors (Lipinski definition) is 2. The SMILES string of the molecule is CCOC(=O)NCCN1C(=O)CNC1=O. The van der Waals surface area contributed by atoms with Gasteiger partial charge in [0, 0.05) is 13.1 Å². The Hall–Kier alpha value is -1.79. The molecule has 0 saturated carbocycles. The van der Waals surface area contributed by atoms with Gasteiger partial charge in [-0.05, 0) is 6.92 Å². The molecular weight excluding hydrogens is 202 g/mol. The van der Waals surface area contributed by atoms with Crippen molar-refractivity contribution < 1.29 is 19.1 Å². The van der Waals surface area contributed by atoms with Gasteiger partial charge in [-0.3, -0.25) is 9.69 Å². The fraction of sp³-hybridized carbons (Fsp3) is 0.625. The van der Waals surface area contributed by atoms with E-state index in [4.69, 9.17) is 0 Å². The van der Waals surface area contributed by atoms with Gasteiger partial charge in [0.2, 0.25) is 5.91 Å². The number of carbonyl (C=O) groups excluding carboxylic acids is 3. The molecule has 84 valence electrons. The number of alkyl carbamates (subject to hydrolysis) is 1. The zero-order chi connectivity index (χ0) is 11.3. The molecule has 1 rings (SSSR count). The Morgan fingerprint density at radius 3 is 2.87 bits per heavy atom. The summed E-state index contributed by atoms with van der Waals surface area (Å²) in [6, 6.07) is -0.425. The third-order valence-corrected chi connectivity index (χ3v) is 1.82. The van der Waals surface area contributed by atoms with Crippen molar-refractivity contribution in [2.24, 2.45) is 0 Å². The Bertz CT molecular complexity index is 263. The van der Waals surface area contributed by atoms with Crippen molar-refractivity contribution in [1.82, 2.24) is 15.5 Å². The molecule has 1 heterocycles. The lowest BCUT2D eigenvalue weighted by Crippen LogP contribution is -2.38. The minimum atomic E-state index is -0.551. The van der Waals surface area contributed by atoms with Gasteiger partial charge in [0.25, 0.3) is 0 Å².